The molecule has 0 aliphatic carbocycles. The molecule has 1 unspecified atom stereocenters. The van der Waals surface area contributed by atoms with E-state index in [4.69, 9.17) is 32.7 Å². The van der Waals surface area contributed by atoms with Gasteiger partial charge in [-0.25, -0.2) is 0 Å². The molecule has 106 valence electrons. The summed E-state index contributed by atoms with van der Waals surface area (Å²) in [5, 5.41) is 1.88. The maximum absolute atomic E-state index is 11.3. The van der Waals surface area contributed by atoms with E-state index < -0.39 is 11.8 Å². The van der Waals surface area contributed by atoms with Gasteiger partial charge in [0, 0.05) is 24.8 Å². The van der Waals surface area contributed by atoms with Crippen LogP contribution in [0.15, 0.2) is 12.1 Å². The second-order valence-electron chi connectivity index (χ2n) is 4.90. The second kappa shape index (κ2) is 4.65. The lowest BCUT2D eigenvalue weighted by atomic mass is 10.0. The van der Waals surface area contributed by atoms with Gasteiger partial charge in [-0.15, -0.1) is 0 Å². The van der Waals surface area contributed by atoms with Gasteiger partial charge >= 0.3 is 5.97 Å². The highest BCUT2D eigenvalue weighted by molar-refractivity contribution is 6.45. The molecule has 2 aromatic rings. The van der Waals surface area contributed by atoms with Crippen LogP contribution in [0.25, 0.3) is 10.9 Å². The van der Waals surface area contributed by atoms with Crippen molar-refractivity contribution >= 4 is 40.1 Å². The molecule has 3 rings (SSSR count). The van der Waals surface area contributed by atoms with E-state index in [0.29, 0.717) is 23.1 Å². The van der Waals surface area contributed by atoms with E-state index in [1.54, 1.807) is 13.0 Å². The summed E-state index contributed by atoms with van der Waals surface area (Å²) in [7, 11) is 0. The number of nitrogens with one attached hydrogen (secondary N) is 1. The third-order valence-electron chi connectivity index (χ3n) is 3.48. The summed E-state index contributed by atoms with van der Waals surface area (Å²) in [6.07, 6.45) is 0.687. The molecule has 0 saturated heterocycles. The van der Waals surface area contributed by atoms with Gasteiger partial charge in [-0.2, -0.15) is 0 Å². The molecule has 0 radical (unpaired) electrons. The minimum absolute atomic E-state index is 0.400. The number of rotatable bonds is 1. The number of H-pyrrole nitrogens is 1. The first-order valence-corrected chi connectivity index (χ1v) is 7.00. The van der Waals surface area contributed by atoms with Gasteiger partial charge in [-0.3, -0.25) is 4.79 Å². The SMILES string of the molecule is CC(=O)OC1(C)OCCc2c1[nH]c1ccc(Cl)c(Cl)c21. The van der Waals surface area contributed by atoms with Crippen molar-refractivity contribution in [3.8, 4) is 0 Å². The van der Waals surface area contributed by atoms with Gasteiger partial charge in [-0.05, 0) is 24.1 Å². The normalized spacial score (nSPS) is 21.8. The topological polar surface area (TPSA) is 51.3 Å². The lowest BCUT2D eigenvalue weighted by Gasteiger charge is -2.32. The average molecular weight is 314 g/mol. The summed E-state index contributed by atoms with van der Waals surface area (Å²) in [6, 6.07) is 3.59. The van der Waals surface area contributed by atoms with Crippen LogP contribution in [0, 0.1) is 0 Å². The summed E-state index contributed by atoms with van der Waals surface area (Å²) in [4.78, 5) is 14.5. The Labute approximate surface area is 126 Å². The van der Waals surface area contributed by atoms with Crippen molar-refractivity contribution in [1.29, 1.82) is 0 Å². The number of carbonyl (C=O) groups is 1. The summed E-state index contributed by atoms with van der Waals surface area (Å²) >= 11 is 12.4. The van der Waals surface area contributed by atoms with Crippen LogP contribution in [0.2, 0.25) is 10.0 Å². The summed E-state index contributed by atoms with van der Waals surface area (Å²) < 4.78 is 11.0. The van der Waals surface area contributed by atoms with Gasteiger partial charge in [0.15, 0.2) is 0 Å². The van der Waals surface area contributed by atoms with E-state index in [2.05, 4.69) is 4.98 Å². The Kier molecular flexibility index (Phi) is 3.20. The number of esters is 1. The van der Waals surface area contributed by atoms with Gasteiger partial charge < -0.3 is 14.5 Å². The number of ether oxygens (including phenoxy) is 2. The van der Waals surface area contributed by atoms with Crippen LogP contribution < -0.4 is 0 Å². The van der Waals surface area contributed by atoms with Crippen molar-refractivity contribution in [2.75, 3.05) is 6.61 Å². The number of aromatic nitrogens is 1. The first-order chi connectivity index (χ1) is 9.42. The minimum Gasteiger partial charge on any atom is -0.427 e. The van der Waals surface area contributed by atoms with Crippen molar-refractivity contribution < 1.29 is 14.3 Å². The molecule has 4 nitrogen and oxygen atoms in total. The largest absolute Gasteiger partial charge is 0.427 e. The van der Waals surface area contributed by atoms with E-state index in [1.165, 1.54) is 6.92 Å². The molecular weight excluding hydrogens is 301 g/mol. The number of benzene rings is 1. The zero-order chi connectivity index (χ0) is 14.5. The Morgan fingerprint density at radius 3 is 2.90 bits per heavy atom. The third kappa shape index (κ3) is 1.99. The molecule has 0 fully saturated rings. The fourth-order valence-electron chi connectivity index (χ4n) is 2.70. The van der Waals surface area contributed by atoms with Crippen LogP contribution in [0.4, 0.5) is 0 Å². The van der Waals surface area contributed by atoms with Crippen LogP contribution >= 0.6 is 23.2 Å². The second-order valence-corrected chi connectivity index (χ2v) is 5.69. The predicted octanol–water partition coefficient (Wildman–Crippen LogP) is 3.78. The smallest absolute Gasteiger partial charge is 0.305 e. The number of fused-ring (bicyclic) bond motifs is 3. The lowest BCUT2D eigenvalue weighted by molar-refractivity contribution is -0.234. The molecule has 6 heteroatoms. The standard InChI is InChI=1S/C14H13Cl2NO3/c1-7(18)20-14(2)13-8(5-6-19-14)11-10(17-13)4-3-9(15)12(11)16/h3-4,17H,5-6H2,1-2H3. The Hall–Kier alpha value is -1.23. The number of carbonyl (C=O) groups excluding carboxylic acids is 1. The van der Waals surface area contributed by atoms with Crippen molar-refractivity contribution in [3.63, 3.8) is 0 Å². The van der Waals surface area contributed by atoms with E-state index >= 15 is 0 Å². The summed E-state index contributed by atoms with van der Waals surface area (Å²) in [6.45, 7) is 3.53. The Morgan fingerprint density at radius 2 is 2.20 bits per heavy atom. The average Bonchev–Trinajstić information content (AvgIpc) is 2.74. The van der Waals surface area contributed by atoms with Crippen molar-refractivity contribution in [1.82, 2.24) is 4.98 Å². The molecule has 1 aromatic heterocycles. The summed E-state index contributed by atoms with van der Waals surface area (Å²) in [5.41, 5.74) is 2.56. The van der Waals surface area contributed by atoms with Gasteiger partial charge in [0.1, 0.15) is 0 Å². The quantitative estimate of drug-likeness (QED) is 0.815. The molecule has 1 aliphatic rings. The molecule has 20 heavy (non-hydrogen) atoms. The molecule has 1 N–H and O–H groups in total. The highest BCUT2D eigenvalue weighted by atomic mass is 35.5. The van der Waals surface area contributed by atoms with E-state index in [1.807, 2.05) is 6.07 Å². The molecular formula is C14H13Cl2NO3. The van der Waals surface area contributed by atoms with E-state index in [9.17, 15) is 4.79 Å². The number of hydrogen-bond acceptors (Lipinski definition) is 3. The predicted molar refractivity (Wildman–Crippen MR) is 77.1 cm³/mol. The molecule has 0 amide bonds. The molecule has 1 aromatic carbocycles. The number of halogens is 2. The van der Waals surface area contributed by atoms with Gasteiger partial charge in [0.2, 0.25) is 0 Å². The van der Waals surface area contributed by atoms with Gasteiger partial charge in [-0.1, -0.05) is 23.2 Å². The van der Waals surface area contributed by atoms with Crippen LogP contribution in [-0.4, -0.2) is 17.6 Å². The highest BCUT2D eigenvalue weighted by Gasteiger charge is 2.39. The van der Waals surface area contributed by atoms with E-state index in [-0.39, 0.29) is 0 Å². The molecule has 1 atom stereocenters. The van der Waals surface area contributed by atoms with Crippen molar-refractivity contribution in [2.45, 2.75) is 26.1 Å². The minimum atomic E-state index is -1.12. The first-order valence-electron chi connectivity index (χ1n) is 6.25. The van der Waals surface area contributed by atoms with Crippen molar-refractivity contribution in [2.24, 2.45) is 0 Å². The fourth-order valence-corrected chi connectivity index (χ4v) is 3.13. The molecule has 0 saturated carbocycles. The Balaban J connectivity index is 2.26. The van der Waals surface area contributed by atoms with Crippen LogP contribution in [0.5, 0.6) is 0 Å². The summed E-state index contributed by atoms with van der Waals surface area (Å²) in [5.74, 6) is -1.52. The number of hydrogen-bond donors (Lipinski definition) is 1. The van der Waals surface area contributed by atoms with Crippen LogP contribution in [0.3, 0.4) is 0 Å². The highest BCUT2D eigenvalue weighted by Crippen LogP contribution is 2.41. The maximum atomic E-state index is 11.3. The van der Waals surface area contributed by atoms with Crippen LogP contribution in [0.1, 0.15) is 25.1 Å². The van der Waals surface area contributed by atoms with Crippen LogP contribution in [-0.2, 0) is 26.5 Å². The molecule has 2 heterocycles. The number of aromatic amines is 1. The van der Waals surface area contributed by atoms with E-state index in [0.717, 1.165) is 22.2 Å². The maximum Gasteiger partial charge on any atom is 0.305 e. The monoisotopic (exact) mass is 313 g/mol. The molecule has 1 aliphatic heterocycles. The van der Waals surface area contributed by atoms with Gasteiger partial charge in [0.25, 0.3) is 5.79 Å². The fraction of sp³-hybridized carbons (Fsp3) is 0.357. The Bertz CT molecular complexity index is 710. The zero-order valence-electron chi connectivity index (χ0n) is 11.0. The molecule has 0 spiro atoms. The third-order valence-corrected chi connectivity index (χ3v) is 4.28. The lowest BCUT2D eigenvalue weighted by Crippen LogP contribution is -2.36. The first kappa shape index (κ1) is 13.7. The van der Waals surface area contributed by atoms with Crippen molar-refractivity contribution in [3.05, 3.63) is 33.4 Å². The van der Waals surface area contributed by atoms with Gasteiger partial charge in [0.05, 0.1) is 22.3 Å². The zero-order valence-corrected chi connectivity index (χ0v) is 12.6. The Morgan fingerprint density at radius 1 is 1.45 bits per heavy atom. The molecule has 0 bridgehead atoms.